The molecule has 0 aromatic heterocycles. The summed E-state index contributed by atoms with van der Waals surface area (Å²) in [5, 5.41) is 11.3. The molecule has 2 nitrogen and oxygen atoms in total. The molecule has 0 saturated carbocycles. The Morgan fingerprint density at radius 2 is 1.30 bits per heavy atom. The molecule has 1 fully saturated rings. The van der Waals surface area contributed by atoms with E-state index in [9.17, 15) is 0 Å². The van der Waals surface area contributed by atoms with Crippen molar-refractivity contribution in [2.75, 3.05) is 6.54 Å². The van der Waals surface area contributed by atoms with Crippen molar-refractivity contribution in [3.8, 4) is 22.3 Å². The molecule has 2 N–H and O–H groups in total. The number of rotatable bonds is 4. The fourth-order valence-corrected chi connectivity index (χ4v) is 2.82. The molecule has 112 valence electrons. The summed E-state index contributed by atoms with van der Waals surface area (Å²) in [5.41, 5.74) is 6.53. The molecule has 4 rings (SSSR count). The van der Waals surface area contributed by atoms with E-state index in [2.05, 4.69) is 66.0 Å². The molecule has 0 spiro atoms. The van der Waals surface area contributed by atoms with Gasteiger partial charge >= 0.3 is 0 Å². The molecule has 3 aromatic rings. The zero-order valence-electron chi connectivity index (χ0n) is 12.8. The van der Waals surface area contributed by atoms with E-state index in [1.54, 1.807) is 0 Å². The lowest BCUT2D eigenvalue weighted by Crippen LogP contribution is -2.09. The van der Waals surface area contributed by atoms with Gasteiger partial charge in [0.25, 0.3) is 0 Å². The van der Waals surface area contributed by atoms with Crippen LogP contribution in [0.25, 0.3) is 22.3 Å². The Bertz CT molecular complexity index is 831. The Balaban J connectivity index is 1.64. The van der Waals surface area contributed by atoms with E-state index in [1.165, 1.54) is 22.3 Å². The van der Waals surface area contributed by atoms with Gasteiger partial charge in [0.05, 0.1) is 11.8 Å². The Labute approximate surface area is 136 Å². The molecular formula is C21H18N2. The van der Waals surface area contributed by atoms with Crippen molar-refractivity contribution >= 4 is 5.71 Å². The van der Waals surface area contributed by atoms with Crippen LogP contribution >= 0.6 is 0 Å². The Kier molecular flexibility index (Phi) is 3.52. The second-order valence-corrected chi connectivity index (χ2v) is 5.90. The molecule has 23 heavy (non-hydrogen) atoms. The van der Waals surface area contributed by atoms with E-state index < -0.39 is 0 Å². The first-order valence-electron chi connectivity index (χ1n) is 7.89. The predicted molar refractivity (Wildman–Crippen MR) is 95.9 cm³/mol. The van der Waals surface area contributed by atoms with E-state index >= 15 is 0 Å². The van der Waals surface area contributed by atoms with Gasteiger partial charge in [-0.1, -0.05) is 72.8 Å². The highest BCUT2D eigenvalue weighted by atomic mass is 15.1. The molecule has 1 heterocycles. The van der Waals surface area contributed by atoms with Crippen molar-refractivity contribution in [1.29, 1.82) is 5.41 Å². The lowest BCUT2D eigenvalue weighted by molar-refractivity contribution is 1.22. The summed E-state index contributed by atoms with van der Waals surface area (Å²) in [4.78, 5) is 0. The molecule has 0 bridgehead atoms. The van der Waals surface area contributed by atoms with Gasteiger partial charge in [0.15, 0.2) is 0 Å². The first kappa shape index (κ1) is 13.9. The monoisotopic (exact) mass is 298 g/mol. The standard InChI is InChI=1S/C21H18N2/c22-21(20-14-23-20)17-11-9-16(10-12-17)19-8-4-7-18(13-19)15-5-2-1-3-6-15/h1-13,20,22-23H,14H2. The van der Waals surface area contributed by atoms with Crippen molar-refractivity contribution in [2.45, 2.75) is 6.04 Å². The molecule has 1 aliphatic heterocycles. The maximum atomic E-state index is 8.11. The first-order chi connectivity index (χ1) is 11.3. The van der Waals surface area contributed by atoms with Crippen molar-refractivity contribution in [2.24, 2.45) is 0 Å². The van der Waals surface area contributed by atoms with Crippen LogP contribution in [0.1, 0.15) is 5.56 Å². The summed E-state index contributed by atoms with van der Waals surface area (Å²) < 4.78 is 0. The third-order valence-electron chi connectivity index (χ3n) is 4.26. The molecule has 1 aliphatic rings. The summed E-state index contributed by atoms with van der Waals surface area (Å²) in [5.74, 6) is 0. The zero-order chi connectivity index (χ0) is 15.6. The summed E-state index contributed by atoms with van der Waals surface area (Å²) in [7, 11) is 0. The van der Waals surface area contributed by atoms with Gasteiger partial charge in [-0.2, -0.15) is 0 Å². The number of hydrogen-bond donors (Lipinski definition) is 2. The fraction of sp³-hybridized carbons (Fsp3) is 0.0952. The number of nitrogens with one attached hydrogen (secondary N) is 2. The molecule has 0 amide bonds. The largest absolute Gasteiger partial charge is 0.306 e. The van der Waals surface area contributed by atoms with Gasteiger partial charge in [0, 0.05) is 6.54 Å². The zero-order valence-corrected chi connectivity index (χ0v) is 12.8. The fourth-order valence-electron chi connectivity index (χ4n) is 2.82. The van der Waals surface area contributed by atoms with Gasteiger partial charge < -0.3 is 10.7 Å². The van der Waals surface area contributed by atoms with Crippen LogP contribution in [0.3, 0.4) is 0 Å². The minimum atomic E-state index is 0.252. The van der Waals surface area contributed by atoms with Crippen LogP contribution in [-0.2, 0) is 0 Å². The van der Waals surface area contributed by atoms with Crippen molar-refractivity contribution in [3.05, 3.63) is 84.4 Å². The van der Waals surface area contributed by atoms with Crippen LogP contribution in [0.15, 0.2) is 78.9 Å². The van der Waals surface area contributed by atoms with E-state index in [1.807, 2.05) is 18.2 Å². The third kappa shape index (κ3) is 2.94. The first-order valence-corrected chi connectivity index (χ1v) is 7.89. The second kappa shape index (κ2) is 5.82. The van der Waals surface area contributed by atoms with Gasteiger partial charge in [-0.05, 0) is 33.9 Å². The highest BCUT2D eigenvalue weighted by molar-refractivity contribution is 6.04. The number of hydrogen-bond acceptors (Lipinski definition) is 2. The molecule has 0 radical (unpaired) electrons. The maximum Gasteiger partial charge on any atom is 0.0621 e. The van der Waals surface area contributed by atoms with Gasteiger partial charge in [0.1, 0.15) is 0 Å². The van der Waals surface area contributed by atoms with E-state index in [0.29, 0.717) is 5.71 Å². The molecule has 1 atom stereocenters. The smallest absolute Gasteiger partial charge is 0.0621 e. The van der Waals surface area contributed by atoms with E-state index in [0.717, 1.165) is 12.1 Å². The predicted octanol–water partition coefficient (Wildman–Crippen LogP) is 4.36. The Morgan fingerprint density at radius 3 is 1.91 bits per heavy atom. The Morgan fingerprint density at radius 1 is 0.739 bits per heavy atom. The maximum absolute atomic E-state index is 8.11. The Hall–Kier alpha value is -2.71. The van der Waals surface area contributed by atoms with Crippen LogP contribution in [0, 0.1) is 5.41 Å². The average molecular weight is 298 g/mol. The molecule has 2 heteroatoms. The van der Waals surface area contributed by atoms with Gasteiger partial charge in [-0.3, -0.25) is 0 Å². The lowest BCUT2D eigenvalue weighted by atomic mass is 9.97. The highest BCUT2D eigenvalue weighted by Crippen LogP contribution is 2.26. The normalized spacial score (nSPS) is 16.1. The quantitative estimate of drug-likeness (QED) is 0.545. The second-order valence-electron chi connectivity index (χ2n) is 5.90. The molecule has 0 aliphatic carbocycles. The van der Waals surface area contributed by atoms with Gasteiger partial charge in [-0.25, -0.2) is 0 Å². The highest BCUT2D eigenvalue weighted by Gasteiger charge is 2.25. The van der Waals surface area contributed by atoms with Crippen LogP contribution in [0.4, 0.5) is 0 Å². The summed E-state index contributed by atoms with van der Waals surface area (Å²) in [6.45, 7) is 0.930. The molecule has 1 unspecified atom stereocenters. The van der Waals surface area contributed by atoms with Crippen LogP contribution in [0.5, 0.6) is 0 Å². The molecule has 3 aromatic carbocycles. The van der Waals surface area contributed by atoms with E-state index in [-0.39, 0.29) is 6.04 Å². The SMILES string of the molecule is N=C(c1ccc(-c2cccc(-c3ccccc3)c2)cc1)C1CN1. The third-order valence-corrected chi connectivity index (χ3v) is 4.26. The van der Waals surface area contributed by atoms with Gasteiger partial charge in [-0.15, -0.1) is 0 Å². The minimum absolute atomic E-state index is 0.252. The lowest BCUT2D eigenvalue weighted by Gasteiger charge is -2.07. The summed E-state index contributed by atoms with van der Waals surface area (Å²) >= 11 is 0. The average Bonchev–Trinajstić information content (AvgIpc) is 3.47. The molecule has 1 saturated heterocycles. The van der Waals surface area contributed by atoms with Crippen molar-refractivity contribution in [3.63, 3.8) is 0 Å². The van der Waals surface area contributed by atoms with Crippen molar-refractivity contribution < 1.29 is 0 Å². The van der Waals surface area contributed by atoms with Crippen LogP contribution in [0.2, 0.25) is 0 Å². The number of benzene rings is 3. The van der Waals surface area contributed by atoms with Gasteiger partial charge in [0.2, 0.25) is 0 Å². The topological polar surface area (TPSA) is 45.8 Å². The summed E-state index contributed by atoms with van der Waals surface area (Å²) in [6, 6.07) is 27.6. The van der Waals surface area contributed by atoms with Crippen LogP contribution in [-0.4, -0.2) is 18.3 Å². The summed E-state index contributed by atoms with van der Waals surface area (Å²) in [6.07, 6.45) is 0. The van der Waals surface area contributed by atoms with Crippen molar-refractivity contribution in [1.82, 2.24) is 5.32 Å². The minimum Gasteiger partial charge on any atom is -0.306 e. The van der Waals surface area contributed by atoms with E-state index in [4.69, 9.17) is 5.41 Å². The van der Waals surface area contributed by atoms with Crippen LogP contribution < -0.4 is 5.32 Å². The molecular weight excluding hydrogens is 280 g/mol.